The number of alkyl halides is 3. The third-order valence-corrected chi connectivity index (χ3v) is 8.21. The van der Waals surface area contributed by atoms with Gasteiger partial charge in [0.1, 0.15) is 17.1 Å². The van der Waals surface area contributed by atoms with Crippen molar-refractivity contribution in [2.75, 3.05) is 5.75 Å². The monoisotopic (exact) mass is 602 g/mol. The highest BCUT2D eigenvalue weighted by Gasteiger charge is 2.56. The van der Waals surface area contributed by atoms with Crippen LogP contribution in [0.5, 0.6) is 5.75 Å². The predicted molar refractivity (Wildman–Crippen MR) is 117 cm³/mol. The lowest BCUT2D eigenvalue weighted by molar-refractivity contribution is -0.197. The Morgan fingerprint density at radius 2 is 1.67 bits per heavy atom. The average Bonchev–Trinajstić information content (AvgIpc) is 2.64. The van der Waals surface area contributed by atoms with Gasteiger partial charge in [-0.15, -0.1) is 0 Å². The predicted octanol–water partition coefficient (Wildman–Crippen LogP) is 4.39. The Morgan fingerprint density at radius 3 is 2.15 bits per heavy atom. The molecule has 0 radical (unpaired) electrons. The summed E-state index contributed by atoms with van der Waals surface area (Å²) >= 11 is 1.90. The smallest absolute Gasteiger partial charge is 0.426 e. The number of benzene rings is 1. The second-order valence-corrected chi connectivity index (χ2v) is 12.2. The first-order chi connectivity index (χ1) is 15.2. The lowest BCUT2D eigenvalue weighted by atomic mass is 9.49. The van der Waals surface area contributed by atoms with Crippen LogP contribution < -0.4 is 4.74 Å². The summed E-state index contributed by atoms with van der Waals surface area (Å²) in [5, 5.41) is 0. The molecular weight excluding hydrogens is 580 g/mol. The molecule has 1 N–H and O–H groups in total. The molecule has 0 aliphatic heterocycles. The van der Waals surface area contributed by atoms with Crippen LogP contribution in [-0.4, -0.2) is 42.9 Å². The molecule has 4 aliphatic rings. The molecule has 0 aromatic heterocycles. The molecule has 1 atom stereocenters. The van der Waals surface area contributed by atoms with Gasteiger partial charge < -0.3 is 9.47 Å². The van der Waals surface area contributed by atoms with Crippen molar-refractivity contribution in [3.8, 4) is 5.75 Å². The Balaban J connectivity index is 1.56. The number of rotatable bonds is 6. The second kappa shape index (κ2) is 8.67. The molecule has 33 heavy (non-hydrogen) atoms. The number of halogens is 4. The fourth-order valence-corrected chi connectivity index (χ4v) is 7.00. The minimum atomic E-state index is -5.23. The zero-order chi connectivity index (χ0) is 24.2. The van der Waals surface area contributed by atoms with Gasteiger partial charge in [-0.1, -0.05) is 0 Å². The van der Waals surface area contributed by atoms with Crippen molar-refractivity contribution in [3.63, 3.8) is 0 Å². The van der Waals surface area contributed by atoms with Gasteiger partial charge in [0.15, 0.2) is 0 Å². The molecule has 182 valence electrons. The molecule has 5 rings (SSSR count). The van der Waals surface area contributed by atoms with Crippen LogP contribution in [0.15, 0.2) is 18.2 Å². The van der Waals surface area contributed by atoms with E-state index in [4.69, 9.17) is 9.29 Å². The lowest BCUT2D eigenvalue weighted by Crippen LogP contribution is -2.51. The van der Waals surface area contributed by atoms with Gasteiger partial charge >= 0.3 is 18.1 Å². The Kier molecular flexibility index (Phi) is 6.49. The molecule has 1 aromatic rings. The minimum absolute atomic E-state index is 0.236. The number of ether oxygens (including phenoxy) is 2. The van der Waals surface area contributed by atoms with E-state index in [1.807, 2.05) is 22.6 Å². The number of hydrogen-bond acceptors (Lipinski definition) is 6. The topological polar surface area (TPSA) is 107 Å². The van der Waals surface area contributed by atoms with Gasteiger partial charge in [-0.3, -0.25) is 9.35 Å². The third-order valence-electron chi connectivity index (χ3n) is 6.81. The van der Waals surface area contributed by atoms with Gasteiger partial charge in [-0.05, 0) is 97.1 Å². The van der Waals surface area contributed by atoms with Crippen molar-refractivity contribution in [1.82, 2.24) is 0 Å². The van der Waals surface area contributed by atoms with E-state index in [0.29, 0.717) is 40.6 Å². The maximum absolute atomic E-state index is 13.3. The van der Waals surface area contributed by atoms with Crippen molar-refractivity contribution >= 4 is 44.6 Å². The average molecular weight is 602 g/mol. The highest BCUT2D eigenvalue weighted by Crippen LogP contribution is 2.60. The Labute approximate surface area is 202 Å². The van der Waals surface area contributed by atoms with Crippen LogP contribution in [0.2, 0.25) is 0 Å². The van der Waals surface area contributed by atoms with Gasteiger partial charge in [0.05, 0.1) is 5.41 Å². The van der Waals surface area contributed by atoms with E-state index in [9.17, 15) is 31.2 Å². The number of esters is 2. The molecular formula is C21H22F3IO7S. The molecule has 0 heterocycles. The number of hydrogen-bond donors (Lipinski definition) is 1. The van der Waals surface area contributed by atoms with Crippen LogP contribution in [0.25, 0.3) is 0 Å². The van der Waals surface area contributed by atoms with Gasteiger partial charge in [-0.2, -0.15) is 21.6 Å². The second-order valence-electron chi connectivity index (χ2n) is 9.41. The molecule has 0 spiro atoms. The van der Waals surface area contributed by atoms with Crippen LogP contribution in [-0.2, 0) is 19.6 Å². The molecule has 1 unspecified atom stereocenters. The summed E-state index contributed by atoms with van der Waals surface area (Å²) in [4.78, 5) is 25.8. The first-order valence-electron chi connectivity index (χ1n) is 10.5. The Morgan fingerprint density at radius 1 is 1.12 bits per heavy atom. The molecule has 0 amide bonds. The van der Waals surface area contributed by atoms with Crippen molar-refractivity contribution in [1.29, 1.82) is 0 Å². The SMILES string of the molecule is O=C(OC(CS(=O)(=O)O)C(F)(F)F)c1ccc(I)cc1OC(=O)C12CC3CC(CC(C3)C1)C2. The molecule has 4 saturated carbocycles. The number of carbonyl (C=O) groups excluding carboxylic acids is 2. The lowest BCUT2D eigenvalue weighted by Gasteiger charge is -2.55. The van der Waals surface area contributed by atoms with E-state index in [2.05, 4.69) is 4.74 Å². The van der Waals surface area contributed by atoms with E-state index in [1.165, 1.54) is 12.1 Å². The van der Waals surface area contributed by atoms with Crippen molar-refractivity contribution in [3.05, 3.63) is 27.3 Å². The van der Waals surface area contributed by atoms with Crippen molar-refractivity contribution < 1.29 is 45.2 Å². The zero-order valence-electron chi connectivity index (χ0n) is 17.3. The first kappa shape index (κ1) is 24.7. The fraction of sp³-hybridized carbons (Fsp3) is 0.619. The molecule has 4 fully saturated rings. The van der Waals surface area contributed by atoms with Crippen LogP contribution in [0, 0.1) is 26.7 Å². The maximum Gasteiger partial charge on any atom is 0.426 e. The van der Waals surface area contributed by atoms with E-state index in [1.54, 1.807) is 0 Å². The summed E-state index contributed by atoms with van der Waals surface area (Å²) in [5.74, 6) is -2.71. The Bertz CT molecular complexity index is 1030. The van der Waals surface area contributed by atoms with Crippen LogP contribution >= 0.6 is 22.6 Å². The van der Waals surface area contributed by atoms with Gasteiger partial charge in [0.2, 0.25) is 6.10 Å². The van der Waals surface area contributed by atoms with Crippen LogP contribution in [0.1, 0.15) is 48.9 Å². The highest BCUT2D eigenvalue weighted by atomic mass is 127. The fourth-order valence-electron chi connectivity index (χ4n) is 5.90. The van der Waals surface area contributed by atoms with Crippen LogP contribution in [0.4, 0.5) is 13.2 Å². The minimum Gasteiger partial charge on any atom is -0.448 e. The van der Waals surface area contributed by atoms with Crippen molar-refractivity contribution in [2.45, 2.75) is 50.8 Å². The molecule has 12 heteroatoms. The zero-order valence-corrected chi connectivity index (χ0v) is 20.3. The van der Waals surface area contributed by atoms with E-state index >= 15 is 0 Å². The summed E-state index contributed by atoms with van der Waals surface area (Å²) in [5.41, 5.74) is -1.09. The molecule has 0 saturated heterocycles. The first-order valence-corrected chi connectivity index (χ1v) is 13.2. The summed E-state index contributed by atoms with van der Waals surface area (Å²) in [7, 11) is -5.08. The number of carbonyl (C=O) groups is 2. The molecule has 1 aromatic carbocycles. The van der Waals surface area contributed by atoms with E-state index in [-0.39, 0.29) is 5.75 Å². The van der Waals surface area contributed by atoms with E-state index < -0.39 is 51.1 Å². The van der Waals surface area contributed by atoms with Gasteiger partial charge in [-0.25, -0.2) is 4.79 Å². The third kappa shape index (κ3) is 5.47. The van der Waals surface area contributed by atoms with Gasteiger partial charge in [0.25, 0.3) is 10.1 Å². The summed E-state index contributed by atoms with van der Waals surface area (Å²) in [6.07, 6.45) is -2.92. The molecule has 7 nitrogen and oxygen atoms in total. The maximum atomic E-state index is 13.3. The van der Waals surface area contributed by atoms with Crippen molar-refractivity contribution in [2.24, 2.45) is 23.2 Å². The van der Waals surface area contributed by atoms with Crippen LogP contribution in [0.3, 0.4) is 0 Å². The van der Waals surface area contributed by atoms with Gasteiger partial charge in [0, 0.05) is 3.57 Å². The highest BCUT2D eigenvalue weighted by molar-refractivity contribution is 14.1. The summed E-state index contributed by atoms with van der Waals surface area (Å²) in [6, 6.07) is 3.93. The molecule has 4 aliphatic carbocycles. The summed E-state index contributed by atoms with van der Waals surface area (Å²) < 4.78 is 80.9. The van der Waals surface area contributed by atoms with E-state index in [0.717, 1.165) is 25.3 Å². The standard InChI is InChI=1S/C21H22F3IO7S/c22-21(23,24)17(10-33(28,29)30)32-18(26)15-2-1-14(25)6-16(15)31-19(27)20-7-11-3-12(8-20)5-13(4-11)9-20/h1-2,6,11-13,17H,3-5,7-10H2,(H,28,29,30). The Hall–Kier alpha value is -1.41. The normalized spacial score (nSPS) is 29.5. The quantitative estimate of drug-likeness (QED) is 0.223. The largest absolute Gasteiger partial charge is 0.448 e. The summed E-state index contributed by atoms with van der Waals surface area (Å²) in [6.45, 7) is 0. The molecule has 4 bridgehead atoms.